The maximum Gasteiger partial charge on any atom is 0.214 e. The Bertz CT molecular complexity index is 707. The molecule has 0 unspecified atom stereocenters. The first-order chi connectivity index (χ1) is 10.6. The van der Waals surface area contributed by atoms with Gasteiger partial charge in [0.25, 0.3) is 0 Å². The van der Waals surface area contributed by atoms with Gasteiger partial charge in [0.15, 0.2) is 0 Å². The molecule has 1 aromatic carbocycles. The fourth-order valence-corrected chi connectivity index (χ4v) is 4.41. The predicted molar refractivity (Wildman–Crippen MR) is 83.6 cm³/mol. The van der Waals surface area contributed by atoms with Crippen LogP contribution in [0.2, 0.25) is 0 Å². The molecule has 6 nitrogen and oxygen atoms in total. The summed E-state index contributed by atoms with van der Waals surface area (Å²) in [5.41, 5.74) is 2.02. The minimum absolute atomic E-state index is 0.227. The summed E-state index contributed by atoms with van der Waals surface area (Å²) in [4.78, 5) is 3.93. The molecule has 0 aliphatic heterocycles. The van der Waals surface area contributed by atoms with Gasteiger partial charge in [-0.05, 0) is 24.0 Å². The summed E-state index contributed by atoms with van der Waals surface area (Å²) in [6.45, 7) is 0.908. The van der Waals surface area contributed by atoms with Gasteiger partial charge in [-0.3, -0.25) is 0 Å². The van der Waals surface area contributed by atoms with E-state index in [1.54, 1.807) is 11.0 Å². The smallest absolute Gasteiger partial charge is 0.214 e. The molecule has 0 spiro atoms. The van der Waals surface area contributed by atoms with E-state index in [0.717, 1.165) is 36.8 Å². The molecular weight excluding hydrogens is 300 g/mol. The molecule has 7 heteroatoms. The van der Waals surface area contributed by atoms with Gasteiger partial charge in [0.2, 0.25) is 10.0 Å². The van der Waals surface area contributed by atoms with Crippen molar-refractivity contribution in [2.45, 2.75) is 44.0 Å². The Labute approximate surface area is 130 Å². The minimum Gasteiger partial charge on any atom is -0.249 e. The molecule has 1 aliphatic carbocycles. The summed E-state index contributed by atoms with van der Waals surface area (Å²) in [7, 11) is -3.22. The first-order valence-corrected chi connectivity index (χ1v) is 9.07. The van der Waals surface area contributed by atoms with E-state index in [2.05, 4.69) is 14.8 Å². The Balaban J connectivity index is 1.70. The number of sulfonamides is 1. The Hall–Kier alpha value is -1.73. The lowest BCUT2D eigenvalue weighted by molar-refractivity contribution is 0.563. The molecule has 1 aliphatic rings. The lowest BCUT2D eigenvalue weighted by Crippen LogP contribution is -2.32. The summed E-state index contributed by atoms with van der Waals surface area (Å²) in [5, 5.41) is 3.86. The van der Waals surface area contributed by atoms with Crippen LogP contribution < -0.4 is 4.72 Å². The quantitative estimate of drug-likeness (QED) is 0.878. The molecule has 0 atom stereocenters. The second-order valence-corrected chi connectivity index (χ2v) is 7.68. The maximum atomic E-state index is 12.3. The van der Waals surface area contributed by atoms with Crippen LogP contribution in [0.3, 0.4) is 0 Å². The number of benzene rings is 1. The van der Waals surface area contributed by atoms with Crippen molar-refractivity contribution in [2.75, 3.05) is 0 Å². The van der Waals surface area contributed by atoms with Gasteiger partial charge in [-0.2, -0.15) is 5.10 Å². The van der Waals surface area contributed by atoms with Crippen LogP contribution in [0.15, 0.2) is 36.9 Å². The zero-order valence-corrected chi connectivity index (χ0v) is 13.2. The van der Waals surface area contributed by atoms with E-state index in [1.165, 1.54) is 6.33 Å². The van der Waals surface area contributed by atoms with Crippen molar-refractivity contribution >= 4 is 10.0 Å². The summed E-state index contributed by atoms with van der Waals surface area (Å²) >= 11 is 0. The molecule has 1 fully saturated rings. The highest BCUT2D eigenvalue weighted by Crippen LogP contribution is 2.24. The topological polar surface area (TPSA) is 76.9 Å². The van der Waals surface area contributed by atoms with Crippen molar-refractivity contribution in [3.63, 3.8) is 0 Å². The lowest BCUT2D eigenvalue weighted by Gasteiger charge is -2.14. The molecule has 0 radical (unpaired) electrons. The fourth-order valence-electron chi connectivity index (χ4n) is 2.87. The Morgan fingerprint density at radius 2 is 1.91 bits per heavy atom. The second-order valence-electron chi connectivity index (χ2n) is 5.63. The molecule has 2 aromatic rings. The Kier molecular flexibility index (Phi) is 4.54. The number of hydrogen-bond donors (Lipinski definition) is 1. The summed E-state index contributed by atoms with van der Waals surface area (Å²) < 4.78 is 29.1. The van der Waals surface area contributed by atoms with Gasteiger partial charge in [-0.25, -0.2) is 22.8 Å². The highest BCUT2D eigenvalue weighted by atomic mass is 32.2. The van der Waals surface area contributed by atoms with E-state index in [9.17, 15) is 8.42 Å². The van der Waals surface area contributed by atoms with Crippen molar-refractivity contribution in [1.29, 1.82) is 0 Å². The molecule has 3 rings (SSSR count). The average molecular weight is 320 g/mol. The van der Waals surface area contributed by atoms with Crippen molar-refractivity contribution < 1.29 is 8.42 Å². The van der Waals surface area contributed by atoms with Crippen LogP contribution >= 0.6 is 0 Å². The Morgan fingerprint density at radius 3 is 2.59 bits per heavy atom. The van der Waals surface area contributed by atoms with Gasteiger partial charge in [0.1, 0.15) is 12.7 Å². The molecule has 1 N–H and O–H groups in total. The number of nitrogens with zero attached hydrogens (tertiary/aromatic N) is 3. The molecule has 118 valence electrons. The van der Waals surface area contributed by atoms with Gasteiger partial charge >= 0.3 is 0 Å². The highest BCUT2D eigenvalue weighted by Gasteiger charge is 2.28. The third-order valence-electron chi connectivity index (χ3n) is 4.12. The van der Waals surface area contributed by atoms with Crippen LogP contribution in [0, 0.1) is 0 Å². The first-order valence-electron chi connectivity index (χ1n) is 7.53. The van der Waals surface area contributed by atoms with Crippen molar-refractivity contribution in [2.24, 2.45) is 0 Å². The van der Waals surface area contributed by atoms with Gasteiger partial charge < -0.3 is 0 Å². The molecule has 0 amide bonds. The SMILES string of the molecule is O=S(=O)(NCc1ccccc1Cn1cncn1)C1CCCC1. The van der Waals surface area contributed by atoms with Crippen LogP contribution in [0.25, 0.3) is 0 Å². The molecule has 0 bridgehead atoms. The Morgan fingerprint density at radius 1 is 1.18 bits per heavy atom. The largest absolute Gasteiger partial charge is 0.249 e. The molecule has 1 aromatic heterocycles. The molecule has 1 heterocycles. The minimum atomic E-state index is -3.22. The maximum absolute atomic E-state index is 12.3. The van der Waals surface area contributed by atoms with E-state index in [-0.39, 0.29) is 5.25 Å². The van der Waals surface area contributed by atoms with Gasteiger partial charge in [-0.15, -0.1) is 0 Å². The number of nitrogens with one attached hydrogen (secondary N) is 1. The van der Waals surface area contributed by atoms with Crippen molar-refractivity contribution in [1.82, 2.24) is 19.5 Å². The zero-order valence-electron chi connectivity index (χ0n) is 12.4. The third-order valence-corrected chi connectivity index (χ3v) is 6.02. The van der Waals surface area contributed by atoms with E-state index in [0.29, 0.717) is 13.1 Å². The van der Waals surface area contributed by atoms with Gasteiger partial charge in [0, 0.05) is 6.54 Å². The predicted octanol–water partition coefficient (Wildman–Crippen LogP) is 1.69. The number of hydrogen-bond acceptors (Lipinski definition) is 4. The number of rotatable bonds is 6. The van der Waals surface area contributed by atoms with Crippen LogP contribution in [0.5, 0.6) is 0 Å². The molecule has 1 saturated carbocycles. The van der Waals surface area contributed by atoms with E-state index < -0.39 is 10.0 Å². The third kappa shape index (κ3) is 3.53. The molecule has 0 saturated heterocycles. The normalized spacial score (nSPS) is 16.2. The molecule has 22 heavy (non-hydrogen) atoms. The second kappa shape index (κ2) is 6.58. The van der Waals surface area contributed by atoms with Crippen LogP contribution in [0.4, 0.5) is 0 Å². The first kappa shape index (κ1) is 15.2. The summed E-state index contributed by atoms with van der Waals surface area (Å²) in [6.07, 6.45) is 6.71. The number of aromatic nitrogens is 3. The van der Waals surface area contributed by atoms with E-state index in [4.69, 9.17) is 0 Å². The lowest BCUT2D eigenvalue weighted by atomic mass is 10.1. The van der Waals surface area contributed by atoms with Crippen molar-refractivity contribution in [3.8, 4) is 0 Å². The van der Waals surface area contributed by atoms with E-state index >= 15 is 0 Å². The van der Waals surface area contributed by atoms with Crippen molar-refractivity contribution in [3.05, 3.63) is 48.0 Å². The average Bonchev–Trinajstić information content (AvgIpc) is 3.20. The standard InChI is InChI=1S/C15H20N4O2S/c20-22(21,15-7-3-4-8-15)18-9-13-5-1-2-6-14(13)10-19-12-16-11-17-19/h1-2,5-6,11-12,15,18H,3-4,7-10H2. The fraction of sp³-hybridized carbons (Fsp3) is 0.467. The van der Waals surface area contributed by atoms with Gasteiger partial charge in [-0.1, -0.05) is 37.1 Å². The van der Waals surface area contributed by atoms with Crippen LogP contribution in [-0.2, 0) is 23.1 Å². The monoisotopic (exact) mass is 320 g/mol. The summed E-state index contributed by atoms with van der Waals surface area (Å²) in [6, 6.07) is 7.80. The van der Waals surface area contributed by atoms with Gasteiger partial charge in [0.05, 0.1) is 11.8 Å². The highest BCUT2D eigenvalue weighted by molar-refractivity contribution is 7.90. The zero-order chi connectivity index (χ0) is 15.4. The van der Waals surface area contributed by atoms with Crippen LogP contribution in [0.1, 0.15) is 36.8 Å². The molecular formula is C15H20N4O2S. The van der Waals surface area contributed by atoms with Crippen LogP contribution in [-0.4, -0.2) is 28.4 Å². The van der Waals surface area contributed by atoms with E-state index in [1.807, 2.05) is 24.3 Å². The summed E-state index contributed by atoms with van der Waals surface area (Å²) in [5.74, 6) is 0.